The number of amides is 2. The number of carbonyl (C=O) groups excluding carboxylic acids is 2. The number of alkyl halides is 3. The van der Waals surface area contributed by atoms with E-state index in [1.165, 1.54) is 24.4 Å². The Balaban J connectivity index is 1.45. The molecule has 2 amide bonds. The molecule has 3 aromatic carbocycles. The second kappa shape index (κ2) is 11.3. The normalized spacial score (nSPS) is 11.5. The maximum atomic E-state index is 13.4. The van der Waals surface area contributed by atoms with E-state index in [0.29, 0.717) is 22.1 Å². The molecule has 0 saturated carbocycles. The molecule has 2 aromatic heterocycles. The van der Waals surface area contributed by atoms with Crippen LogP contribution < -0.4 is 21.5 Å². The number of hydrogen-bond donors (Lipinski definition) is 5. The van der Waals surface area contributed by atoms with E-state index in [-0.39, 0.29) is 41.5 Å². The van der Waals surface area contributed by atoms with Gasteiger partial charge in [-0.1, -0.05) is 12.1 Å². The molecule has 5 aromatic rings. The molecular weight excluding hydrogens is 558 g/mol. The van der Waals surface area contributed by atoms with E-state index in [0.717, 1.165) is 12.1 Å². The van der Waals surface area contributed by atoms with Crippen molar-refractivity contribution in [3.05, 3.63) is 106 Å². The van der Waals surface area contributed by atoms with Crippen molar-refractivity contribution in [2.75, 3.05) is 23.8 Å². The summed E-state index contributed by atoms with van der Waals surface area (Å²) in [5.74, 6) is -2.70. The van der Waals surface area contributed by atoms with Crippen molar-refractivity contribution in [2.24, 2.45) is 0 Å². The number of hydrogen-bond acceptors (Lipinski definition) is 6. The van der Waals surface area contributed by atoms with Gasteiger partial charge in [-0.3, -0.25) is 14.4 Å². The first kappa shape index (κ1) is 28.2. The van der Waals surface area contributed by atoms with E-state index in [1.807, 2.05) is 0 Å². The Morgan fingerprint density at radius 2 is 1.64 bits per heavy atom. The summed E-state index contributed by atoms with van der Waals surface area (Å²) in [5, 5.41) is 18.2. The zero-order valence-electron chi connectivity index (χ0n) is 21.5. The highest BCUT2D eigenvalue weighted by Gasteiger charge is 2.35. The first-order chi connectivity index (χ1) is 20.1. The molecule has 0 fully saturated rings. The summed E-state index contributed by atoms with van der Waals surface area (Å²) in [6, 6.07) is 14.3. The lowest BCUT2D eigenvalue weighted by Crippen LogP contribution is -2.27. The Morgan fingerprint density at radius 3 is 2.36 bits per heavy atom. The summed E-state index contributed by atoms with van der Waals surface area (Å²) in [6.45, 7) is -0.254. The molecule has 0 bridgehead atoms. The van der Waals surface area contributed by atoms with E-state index < -0.39 is 40.5 Å². The molecule has 5 rings (SSSR count). The number of nitrogens with zero attached hydrogens (tertiary/aromatic N) is 1. The molecule has 42 heavy (non-hydrogen) atoms. The second-order valence-electron chi connectivity index (χ2n) is 9.09. The number of carbonyl (C=O) groups is 2. The number of aromatic amines is 1. The number of nitrogens with one attached hydrogen (secondary N) is 4. The standard InChI is InChI=1S/C29H21F4N5O4/c30-15-4-9-18(21(14-15)29(31,32)33)27(41)37-17-7-5-16(6-8-17)36-22-10-11-34-25-24(22)19-2-1-3-20(23(19)28(42)38-25)26(40)35-12-13-39/h1-11,14,39H,12-13H2,(H,35,40)(H,37,41)(H2,34,36,38,42). The topological polar surface area (TPSA) is 136 Å². The molecule has 9 nitrogen and oxygen atoms in total. The van der Waals surface area contributed by atoms with Crippen LogP contribution in [0.4, 0.5) is 34.6 Å². The molecule has 0 aliphatic carbocycles. The summed E-state index contributed by atoms with van der Waals surface area (Å²) in [5.41, 5.74) is -1.02. The summed E-state index contributed by atoms with van der Waals surface area (Å²) >= 11 is 0. The van der Waals surface area contributed by atoms with Gasteiger partial charge in [0.15, 0.2) is 0 Å². The number of aliphatic hydroxyl groups is 1. The van der Waals surface area contributed by atoms with Gasteiger partial charge in [0.2, 0.25) is 0 Å². The van der Waals surface area contributed by atoms with Gasteiger partial charge in [-0.2, -0.15) is 13.2 Å². The van der Waals surface area contributed by atoms with Gasteiger partial charge in [0, 0.05) is 34.9 Å². The van der Waals surface area contributed by atoms with Crippen LogP contribution in [0.5, 0.6) is 0 Å². The number of aliphatic hydroxyl groups excluding tert-OH is 1. The van der Waals surface area contributed by atoms with Gasteiger partial charge in [0.05, 0.1) is 34.4 Å². The van der Waals surface area contributed by atoms with Gasteiger partial charge in [0.1, 0.15) is 11.5 Å². The maximum Gasteiger partial charge on any atom is 0.417 e. The lowest BCUT2D eigenvalue weighted by Gasteiger charge is -2.14. The van der Waals surface area contributed by atoms with E-state index in [4.69, 9.17) is 5.11 Å². The average molecular weight is 580 g/mol. The van der Waals surface area contributed by atoms with Crippen LogP contribution in [0, 0.1) is 5.82 Å². The number of halogens is 4. The molecule has 0 radical (unpaired) electrons. The van der Waals surface area contributed by atoms with Crippen LogP contribution in [-0.4, -0.2) is 40.0 Å². The van der Waals surface area contributed by atoms with Crippen LogP contribution in [0.1, 0.15) is 26.3 Å². The molecule has 214 valence electrons. The van der Waals surface area contributed by atoms with Crippen LogP contribution in [0.2, 0.25) is 0 Å². The Morgan fingerprint density at radius 1 is 0.905 bits per heavy atom. The summed E-state index contributed by atoms with van der Waals surface area (Å²) in [7, 11) is 0. The first-order valence-corrected chi connectivity index (χ1v) is 12.4. The number of fused-ring (bicyclic) bond motifs is 3. The number of anilines is 3. The third kappa shape index (κ3) is 5.63. The van der Waals surface area contributed by atoms with Crippen molar-refractivity contribution in [2.45, 2.75) is 6.18 Å². The lowest BCUT2D eigenvalue weighted by atomic mass is 10.0. The number of H-pyrrole nitrogens is 1. The van der Waals surface area contributed by atoms with Crippen molar-refractivity contribution in [1.29, 1.82) is 0 Å². The molecule has 0 atom stereocenters. The van der Waals surface area contributed by atoms with Crippen LogP contribution in [-0.2, 0) is 6.18 Å². The molecule has 0 aliphatic heterocycles. The van der Waals surface area contributed by atoms with Gasteiger partial charge in [-0.25, -0.2) is 9.37 Å². The van der Waals surface area contributed by atoms with Crippen LogP contribution >= 0.6 is 0 Å². The fraction of sp³-hybridized carbons (Fsp3) is 0.103. The third-order valence-corrected chi connectivity index (χ3v) is 6.34. The average Bonchev–Trinajstić information content (AvgIpc) is 2.96. The van der Waals surface area contributed by atoms with Gasteiger partial charge in [-0.05, 0) is 54.6 Å². The van der Waals surface area contributed by atoms with E-state index >= 15 is 0 Å². The summed E-state index contributed by atoms with van der Waals surface area (Å²) < 4.78 is 53.4. The first-order valence-electron chi connectivity index (χ1n) is 12.4. The fourth-order valence-electron chi connectivity index (χ4n) is 4.50. The maximum absolute atomic E-state index is 13.4. The van der Waals surface area contributed by atoms with Gasteiger partial charge in [0.25, 0.3) is 17.4 Å². The summed E-state index contributed by atoms with van der Waals surface area (Å²) in [6.07, 6.45) is -3.45. The Hall–Kier alpha value is -5.30. The molecule has 13 heteroatoms. The van der Waals surface area contributed by atoms with E-state index in [2.05, 4.69) is 25.9 Å². The highest BCUT2D eigenvalue weighted by Crippen LogP contribution is 2.34. The minimum absolute atomic E-state index is 0.0128. The van der Waals surface area contributed by atoms with Gasteiger partial charge >= 0.3 is 6.18 Å². The monoisotopic (exact) mass is 579 g/mol. The van der Waals surface area contributed by atoms with Crippen molar-refractivity contribution in [1.82, 2.24) is 15.3 Å². The van der Waals surface area contributed by atoms with Crippen molar-refractivity contribution >= 4 is 50.7 Å². The second-order valence-corrected chi connectivity index (χ2v) is 9.09. The smallest absolute Gasteiger partial charge is 0.395 e. The minimum Gasteiger partial charge on any atom is -0.395 e. The number of pyridine rings is 2. The van der Waals surface area contributed by atoms with Crippen molar-refractivity contribution in [3.8, 4) is 0 Å². The van der Waals surface area contributed by atoms with E-state index in [1.54, 1.807) is 30.3 Å². The molecular formula is C29H21F4N5O4. The Kier molecular flexibility index (Phi) is 7.59. The lowest BCUT2D eigenvalue weighted by molar-refractivity contribution is -0.138. The number of benzene rings is 3. The molecule has 0 saturated heterocycles. The quantitative estimate of drug-likeness (QED) is 0.137. The van der Waals surface area contributed by atoms with E-state index in [9.17, 15) is 31.9 Å². The van der Waals surface area contributed by atoms with Crippen molar-refractivity contribution < 1.29 is 32.3 Å². The van der Waals surface area contributed by atoms with Gasteiger partial charge < -0.3 is 26.0 Å². The fourth-order valence-corrected chi connectivity index (χ4v) is 4.50. The van der Waals surface area contributed by atoms with Crippen molar-refractivity contribution in [3.63, 3.8) is 0 Å². The number of aromatic nitrogens is 2. The Labute approximate surface area is 234 Å². The molecule has 5 N–H and O–H groups in total. The Bertz CT molecular complexity index is 1890. The van der Waals surface area contributed by atoms with Crippen LogP contribution in [0.25, 0.3) is 21.8 Å². The zero-order chi connectivity index (χ0) is 30.0. The SMILES string of the molecule is O=C(Nc1ccc(Nc2ccnc3[nH]c(=O)c4c(C(=O)NCCO)cccc4c23)cc1)c1ccc(F)cc1C(F)(F)F. The molecule has 0 unspecified atom stereocenters. The molecule has 0 aliphatic rings. The molecule has 2 heterocycles. The largest absolute Gasteiger partial charge is 0.417 e. The van der Waals surface area contributed by atoms with Gasteiger partial charge in [-0.15, -0.1) is 0 Å². The van der Waals surface area contributed by atoms with Crippen LogP contribution in [0.15, 0.2) is 77.7 Å². The predicted molar refractivity (Wildman–Crippen MR) is 148 cm³/mol. The van der Waals surface area contributed by atoms with Crippen LogP contribution in [0.3, 0.4) is 0 Å². The zero-order valence-corrected chi connectivity index (χ0v) is 21.5. The predicted octanol–water partition coefficient (Wildman–Crippen LogP) is 4.95. The number of rotatable bonds is 7. The third-order valence-electron chi connectivity index (χ3n) is 6.34. The highest BCUT2D eigenvalue weighted by molar-refractivity contribution is 6.16. The minimum atomic E-state index is -4.92. The molecule has 0 spiro atoms. The highest BCUT2D eigenvalue weighted by atomic mass is 19.4. The summed E-state index contributed by atoms with van der Waals surface area (Å²) in [4.78, 5) is 45.1.